The Morgan fingerprint density at radius 2 is 1.73 bits per heavy atom. The van der Waals surface area contributed by atoms with Crippen molar-refractivity contribution in [3.8, 4) is 0 Å². The second-order valence-electron chi connectivity index (χ2n) is 5.81. The molecule has 0 aliphatic carbocycles. The van der Waals surface area contributed by atoms with Crippen LogP contribution in [-0.2, 0) is 4.79 Å². The molecule has 0 N–H and O–H groups in total. The van der Waals surface area contributed by atoms with Crippen molar-refractivity contribution < 1.29 is 13.6 Å². The Morgan fingerprint density at radius 1 is 1.00 bits per heavy atom. The summed E-state index contributed by atoms with van der Waals surface area (Å²) < 4.78 is 27.5. The van der Waals surface area contributed by atoms with Gasteiger partial charge < -0.3 is 4.90 Å². The summed E-state index contributed by atoms with van der Waals surface area (Å²) in [6.07, 6.45) is 0. The number of nitrogens with zero attached hydrogens (tertiary/aromatic N) is 1. The molecule has 3 rings (SSSR count). The van der Waals surface area contributed by atoms with E-state index in [-0.39, 0.29) is 17.4 Å². The van der Waals surface area contributed by atoms with Gasteiger partial charge in [-0.3, -0.25) is 4.79 Å². The number of halogens is 2. The number of rotatable bonds is 2. The van der Waals surface area contributed by atoms with Gasteiger partial charge in [0.05, 0.1) is 11.8 Å². The largest absolute Gasteiger partial charge is 0.304 e. The van der Waals surface area contributed by atoms with Crippen molar-refractivity contribution in [1.29, 1.82) is 0 Å². The molecule has 114 valence electrons. The normalized spacial score (nSPS) is 22.8. The molecule has 1 fully saturated rings. The molecule has 2 unspecified atom stereocenters. The average Bonchev–Trinajstić information content (AvgIpc) is 2.50. The summed E-state index contributed by atoms with van der Waals surface area (Å²) in [5.41, 5.74) is 1.07. The van der Waals surface area contributed by atoms with E-state index < -0.39 is 11.8 Å². The molecule has 0 saturated carbocycles. The smallest absolute Gasteiger partial charge is 0.150 e. The zero-order valence-electron chi connectivity index (χ0n) is 12.3. The van der Waals surface area contributed by atoms with Crippen LogP contribution in [0.5, 0.6) is 0 Å². The van der Waals surface area contributed by atoms with Gasteiger partial charge in [-0.15, -0.1) is 0 Å². The maximum atomic E-state index is 14.0. The van der Waals surface area contributed by atoms with E-state index in [4.69, 9.17) is 0 Å². The van der Waals surface area contributed by atoms with Gasteiger partial charge in [0.1, 0.15) is 17.4 Å². The van der Waals surface area contributed by atoms with Crippen LogP contribution in [0.1, 0.15) is 23.0 Å². The lowest BCUT2D eigenvalue weighted by molar-refractivity contribution is -0.124. The molecule has 0 amide bonds. The summed E-state index contributed by atoms with van der Waals surface area (Å²) in [5, 5.41) is 0. The number of benzene rings is 2. The molecule has 0 bridgehead atoms. The average molecular weight is 301 g/mol. The van der Waals surface area contributed by atoms with Gasteiger partial charge in [0.2, 0.25) is 0 Å². The van der Waals surface area contributed by atoms with Crippen molar-refractivity contribution in [2.45, 2.75) is 11.8 Å². The van der Waals surface area contributed by atoms with E-state index in [9.17, 15) is 13.6 Å². The molecule has 2 nitrogen and oxygen atoms in total. The zero-order valence-corrected chi connectivity index (χ0v) is 12.3. The van der Waals surface area contributed by atoms with Crippen LogP contribution < -0.4 is 0 Å². The SMILES string of the molecule is CN1CC(c2cccc(F)c2)C(=O)C(c2ccccc2F)C1. The molecule has 4 heteroatoms. The van der Waals surface area contributed by atoms with Crippen molar-refractivity contribution in [3.63, 3.8) is 0 Å². The van der Waals surface area contributed by atoms with E-state index in [1.165, 1.54) is 18.2 Å². The van der Waals surface area contributed by atoms with Crippen LogP contribution in [0.15, 0.2) is 48.5 Å². The summed E-state index contributed by atoms with van der Waals surface area (Å²) in [7, 11) is 1.90. The third kappa shape index (κ3) is 2.79. The van der Waals surface area contributed by atoms with Gasteiger partial charge in [0, 0.05) is 13.1 Å². The maximum Gasteiger partial charge on any atom is 0.150 e. The topological polar surface area (TPSA) is 20.3 Å². The molecule has 1 aliphatic heterocycles. The van der Waals surface area contributed by atoms with Gasteiger partial charge in [-0.25, -0.2) is 8.78 Å². The van der Waals surface area contributed by atoms with Gasteiger partial charge in [0.25, 0.3) is 0 Å². The van der Waals surface area contributed by atoms with Crippen LogP contribution >= 0.6 is 0 Å². The summed E-state index contributed by atoms with van der Waals surface area (Å²) in [6, 6.07) is 12.5. The Balaban J connectivity index is 1.97. The Hall–Kier alpha value is -2.07. The Kier molecular flexibility index (Phi) is 4.03. The number of hydrogen-bond donors (Lipinski definition) is 0. The van der Waals surface area contributed by atoms with Gasteiger partial charge >= 0.3 is 0 Å². The molecule has 1 saturated heterocycles. The molecule has 0 aromatic heterocycles. The van der Waals surface area contributed by atoms with E-state index in [0.717, 1.165) is 0 Å². The molecular weight excluding hydrogens is 284 g/mol. The maximum absolute atomic E-state index is 14.0. The lowest BCUT2D eigenvalue weighted by Crippen LogP contribution is -2.42. The third-order valence-electron chi connectivity index (χ3n) is 4.21. The molecule has 2 atom stereocenters. The predicted octanol–water partition coefficient (Wildman–Crippen LogP) is 3.35. The second kappa shape index (κ2) is 5.97. The van der Waals surface area contributed by atoms with Crippen LogP contribution in [0.25, 0.3) is 0 Å². The van der Waals surface area contributed by atoms with E-state index in [1.54, 1.807) is 30.3 Å². The minimum atomic E-state index is -0.520. The molecule has 1 heterocycles. The monoisotopic (exact) mass is 301 g/mol. The number of likely N-dealkylation sites (tertiary alicyclic amines) is 1. The minimum Gasteiger partial charge on any atom is -0.304 e. The molecule has 22 heavy (non-hydrogen) atoms. The first-order chi connectivity index (χ1) is 10.6. The molecule has 0 radical (unpaired) electrons. The highest BCUT2D eigenvalue weighted by Crippen LogP contribution is 2.33. The van der Waals surface area contributed by atoms with Gasteiger partial charge in [-0.2, -0.15) is 0 Å². The van der Waals surface area contributed by atoms with Crippen molar-refractivity contribution in [1.82, 2.24) is 4.90 Å². The second-order valence-corrected chi connectivity index (χ2v) is 5.81. The summed E-state index contributed by atoms with van der Waals surface area (Å²) in [4.78, 5) is 14.8. The summed E-state index contributed by atoms with van der Waals surface area (Å²) in [6.45, 7) is 0.999. The summed E-state index contributed by atoms with van der Waals surface area (Å²) in [5.74, 6) is -1.73. The van der Waals surface area contributed by atoms with E-state index in [0.29, 0.717) is 24.2 Å². The first kappa shape index (κ1) is 14.9. The van der Waals surface area contributed by atoms with Crippen molar-refractivity contribution in [3.05, 3.63) is 71.3 Å². The van der Waals surface area contributed by atoms with E-state index in [2.05, 4.69) is 0 Å². The van der Waals surface area contributed by atoms with Gasteiger partial charge in [0.15, 0.2) is 0 Å². The molecule has 2 aromatic carbocycles. The first-order valence-electron chi connectivity index (χ1n) is 7.28. The highest BCUT2D eigenvalue weighted by molar-refractivity contribution is 5.93. The Morgan fingerprint density at radius 3 is 2.45 bits per heavy atom. The molecule has 0 spiro atoms. The van der Waals surface area contributed by atoms with Gasteiger partial charge in [-0.1, -0.05) is 30.3 Å². The van der Waals surface area contributed by atoms with Crippen LogP contribution in [0, 0.1) is 11.6 Å². The van der Waals surface area contributed by atoms with Gasteiger partial charge in [-0.05, 0) is 36.4 Å². The number of carbonyl (C=O) groups excluding carboxylic acids is 1. The number of carbonyl (C=O) groups is 1. The highest BCUT2D eigenvalue weighted by atomic mass is 19.1. The fourth-order valence-corrected chi connectivity index (χ4v) is 3.12. The number of likely N-dealkylation sites (N-methyl/N-ethyl adjacent to an activating group) is 1. The van der Waals surface area contributed by atoms with Crippen LogP contribution in [0.3, 0.4) is 0 Å². The lowest BCUT2D eigenvalue weighted by atomic mass is 9.80. The van der Waals surface area contributed by atoms with Crippen molar-refractivity contribution >= 4 is 5.78 Å². The van der Waals surface area contributed by atoms with Crippen molar-refractivity contribution in [2.75, 3.05) is 20.1 Å². The van der Waals surface area contributed by atoms with E-state index >= 15 is 0 Å². The molecular formula is C18H17F2NO. The van der Waals surface area contributed by atoms with Crippen LogP contribution in [0.2, 0.25) is 0 Å². The third-order valence-corrected chi connectivity index (χ3v) is 4.21. The number of hydrogen-bond acceptors (Lipinski definition) is 2. The highest BCUT2D eigenvalue weighted by Gasteiger charge is 2.36. The fourth-order valence-electron chi connectivity index (χ4n) is 3.12. The Bertz CT molecular complexity index is 701. The lowest BCUT2D eigenvalue weighted by Gasteiger charge is -2.35. The van der Waals surface area contributed by atoms with E-state index in [1.807, 2.05) is 11.9 Å². The predicted molar refractivity (Wildman–Crippen MR) is 80.8 cm³/mol. The number of Topliss-reactive ketones (excluding diaryl/α,β-unsaturated/α-hetero) is 1. The van der Waals surface area contributed by atoms with Crippen molar-refractivity contribution in [2.24, 2.45) is 0 Å². The fraction of sp³-hybridized carbons (Fsp3) is 0.278. The zero-order chi connectivity index (χ0) is 15.7. The standard InChI is InChI=1S/C18H17F2NO/c1-21-10-15(12-5-4-6-13(19)9-12)18(22)16(11-21)14-7-2-3-8-17(14)20/h2-9,15-16H,10-11H2,1H3. The first-order valence-corrected chi connectivity index (χ1v) is 7.28. The minimum absolute atomic E-state index is 0.0474. The number of piperidine rings is 1. The summed E-state index contributed by atoms with van der Waals surface area (Å²) >= 11 is 0. The number of ketones is 1. The molecule has 2 aromatic rings. The quantitative estimate of drug-likeness (QED) is 0.848. The molecule has 1 aliphatic rings. The Labute approximate surface area is 128 Å². The van der Waals surface area contributed by atoms with Crippen LogP contribution in [-0.4, -0.2) is 30.8 Å². The van der Waals surface area contributed by atoms with Crippen LogP contribution in [0.4, 0.5) is 8.78 Å².